The lowest BCUT2D eigenvalue weighted by Gasteiger charge is -2.51. The number of nitrogens with one attached hydrogen (secondary N) is 5. The van der Waals surface area contributed by atoms with Gasteiger partial charge in [0.25, 0.3) is 0 Å². The maximum Gasteiger partial charge on any atom is 0.407 e. The van der Waals surface area contributed by atoms with Crippen molar-refractivity contribution in [3.8, 4) is 0 Å². The van der Waals surface area contributed by atoms with E-state index in [0.29, 0.717) is 33.4 Å². The summed E-state index contributed by atoms with van der Waals surface area (Å²) in [5.41, 5.74) is 4.72. The second-order valence-electron chi connectivity index (χ2n) is 30.4. The molecule has 7 aromatic carbocycles. The molecular weight excluding hydrogens is 1530 g/mol. The number of amides is 5. The summed E-state index contributed by atoms with van der Waals surface area (Å²) in [6.45, 7) is 8.01. The molecule has 30 heteroatoms. The van der Waals surface area contributed by atoms with E-state index in [1.165, 1.54) is 0 Å². The Kier molecular flexibility index (Phi) is 30.9. The molecule has 20 atom stereocenters. The predicted octanol–water partition coefficient (Wildman–Crippen LogP) is 10.1. The van der Waals surface area contributed by atoms with Crippen LogP contribution >= 0.6 is 0 Å². The molecule has 7 aromatic rings. The molecule has 29 nitrogen and oxygen atoms in total. The van der Waals surface area contributed by atoms with Crippen molar-refractivity contribution in [2.75, 3.05) is 26.4 Å². The Hall–Kier alpha value is -9.97. The number of hydrogen-bond acceptors (Lipinski definition) is 24. The molecule has 0 aromatic heterocycles. The summed E-state index contributed by atoms with van der Waals surface area (Å²) < 4.78 is 97.6. The quantitative estimate of drug-likeness (QED) is 0.0111. The highest BCUT2D eigenvalue weighted by Crippen LogP contribution is 2.42. The van der Waals surface area contributed by atoms with Crippen LogP contribution in [-0.4, -0.2) is 202 Å². The number of benzene rings is 7. The Morgan fingerprint density at radius 3 is 1.40 bits per heavy atom. The topological polar surface area (TPSA) is 365 Å². The Labute approximate surface area is 680 Å². The first kappa shape index (κ1) is 86.4. The summed E-state index contributed by atoms with van der Waals surface area (Å²) in [7, 11) is -2.82. The van der Waals surface area contributed by atoms with Crippen molar-refractivity contribution < 1.29 is 115 Å². The summed E-state index contributed by atoms with van der Waals surface area (Å²) in [5.74, 6) is 0. The van der Waals surface area contributed by atoms with Crippen LogP contribution in [0.15, 0.2) is 231 Å². The Balaban J connectivity index is 0.943. The van der Waals surface area contributed by atoms with Gasteiger partial charge in [-0.1, -0.05) is 257 Å². The van der Waals surface area contributed by atoms with Gasteiger partial charge in [-0.25, -0.2) is 24.0 Å². The number of aliphatic hydroxyl groups excluding tert-OH is 4. The van der Waals surface area contributed by atoms with Crippen LogP contribution in [0, 0.1) is 0 Å². The van der Waals surface area contributed by atoms with E-state index < -0.39 is 173 Å². The number of carbonyl (C=O) groups excluding carboxylic acids is 5. The van der Waals surface area contributed by atoms with Crippen molar-refractivity contribution in [2.24, 2.45) is 0 Å². The molecule has 1 saturated carbocycles. The fourth-order valence-corrected chi connectivity index (χ4v) is 14.7. The van der Waals surface area contributed by atoms with Gasteiger partial charge >= 0.3 is 30.5 Å². The van der Waals surface area contributed by atoms with Gasteiger partial charge in [0.05, 0.1) is 31.9 Å². The molecule has 4 heterocycles. The number of ether oxygens (including phenoxy) is 14. The fraction of sp³-hybridized carbons (Fsp3) is 0.414. The average Bonchev–Trinajstić information content (AvgIpc) is 1.74. The van der Waals surface area contributed by atoms with Gasteiger partial charge in [0.15, 0.2) is 33.5 Å². The zero-order valence-electron chi connectivity index (χ0n) is 65.6. The van der Waals surface area contributed by atoms with Crippen LogP contribution in [0.25, 0.3) is 6.08 Å². The van der Waals surface area contributed by atoms with Crippen molar-refractivity contribution in [3.63, 3.8) is 0 Å². The second kappa shape index (κ2) is 41.9. The first-order valence-corrected chi connectivity index (χ1v) is 41.9. The van der Waals surface area contributed by atoms with Crippen molar-refractivity contribution in [1.29, 1.82) is 0 Å². The molecule has 1 unspecified atom stereocenters. The monoisotopic (exact) mass is 1630 g/mol. The van der Waals surface area contributed by atoms with E-state index in [-0.39, 0.29) is 59.3 Å². The maximum atomic E-state index is 14.7. The lowest BCUT2D eigenvalue weighted by molar-refractivity contribution is -0.358. The minimum Gasteiger partial charge on any atom is -0.445 e. The largest absolute Gasteiger partial charge is 0.445 e. The molecular formula is C87H103N5O24Si. The summed E-state index contributed by atoms with van der Waals surface area (Å²) in [5, 5.41) is 64.1. The minimum atomic E-state index is -2.82. The third kappa shape index (κ3) is 24.4. The molecule has 5 aliphatic rings. The number of fused-ring (bicyclic) bond motifs is 1. The molecule has 9 N–H and O–H groups in total. The highest BCUT2D eigenvalue weighted by Gasteiger charge is 2.59. The average molecular weight is 1630 g/mol. The van der Waals surface area contributed by atoms with E-state index in [1.54, 1.807) is 188 Å². The van der Waals surface area contributed by atoms with Crippen molar-refractivity contribution in [1.82, 2.24) is 26.6 Å². The van der Waals surface area contributed by atoms with Crippen molar-refractivity contribution in [3.05, 3.63) is 269 Å². The van der Waals surface area contributed by atoms with Crippen molar-refractivity contribution in [2.45, 2.75) is 201 Å². The standard InChI is InChI=1S/C87H103N5O24Si/c1-87(2,3)117(4,5)109-54-66-75(115-79-67(91-85(100)107-51-59-39-22-10-23-40-59)71(95)70(94)64(110-79)47-88-82(97)104-48-56-33-16-7-17-34-56)77(102-45-29-13-26-32-55-30-14-6-15-31-55)81(112-66)116-76-69(93)62(89-83(98)105-49-57-35-18-8-19-36-57)46-63(90-84(99)106-50-58-37-20-9-21-38-58)73(76)113-80-68(92-86(101)108-52-60-41-24-11-25-42-60)72(96)74-65(111-80)53-103-78(114-74)61-43-27-12-28-44-61/h6-44,62-81,93-96H,45-54H2,1-5H3,(H,88,97)(H,89,98)(H,90,99)(H,91,100)(H,92,101)/b29-13+,32-26+/t62-,63+,64+,65-,66-,67-,68-,69+,70-,71-,72-,73-,74-,75-,76-,77-,78?,79-,80-,81+/m1/s1. The molecule has 1 aliphatic carbocycles. The summed E-state index contributed by atoms with van der Waals surface area (Å²) in [4.78, 5) is 71.0. The normalized spacial score (nSPS) is 27.8. The Morgan fingerprint density at radius 2 is 0.889 bits per heavy atom. The van der Waals surface area contributed by atoms with Crippen LogP contribution in [0.2, 0.25) is 18.1 Å². The van der Waals surface area contributed by atoms with Crippen LogP contribution in [0.3, 0.4) is 0 Å². The molecule has 0 spiro atoms. The molecule has 4 saturated heterocycles. The first-order valence-electron chi connectivity index (χ1n) is 39.0. The zero-order valence-corrected chi connectivity index (χ0v) is 66.6. The minimum absolute atomic E-state index is 0.111. The van der Waals surface area contributed by atoms with E-state index in [0.717, 1.165) is 5.56 Å². The summed E-state index contributed by atoms with van der Waals surface area (Å²) in [6, 6.07) is 56.7. The van der Waals surface area contributed by atoms with E-state index in [9.17, 15) is 44.4 Å². The number of alkyl carbamates (subject to hydrolysis) is 5. The van der Waals surface area contributed by atoms with Gasteiger partial charge in [0.2, 0.25) is 0 Å². The van der Waals surface area contributed by atoms with Gasteiger partial charge < -0.3 is 118 Å². The number of aliphatic hydroxyl groups is 4. The van der Waals surface area contributed by atoms with E-state index in [2.05, 4.69) is 26.6 Å². The van der Waals surface area contributed by atoms with Crippen LogP contribution in [0.4, 0.5) is 24.0 Å². The number of allylic oxidation sites excluding steroid dienone is 2. The molecule has 5 fully saturated rings. The van der Waals surface area contributed by atoms with Crippen LogP contribution in [0.5, 0.6) is 0 Å². The van der Waals surface area contributed by atoms with Crippen LogP contribution in [0.1, 0.15) is 72.4 Å². The van der Waals surface area contributed by atoms with Gasteiger partial charge in [-0.3, -0.25) is 0 Å². The van der Waals surface area contributed by atoms with E-state index in [1.807, 2.05) is 82.4 Å². The molecule has 117 heavy (non-hydrogen) atoms. The highest BCUT2D eigenvalue weighted by atomic mass is 28.4. The van der Waals surface area contributed by atoms with E-state index >= 15 is 0 Å². The van der Waals surface area contributed by atoms with Gasteiger partial charge in [0.1, 0.15) is 118 Å². The van der Waals surface area contributed by atoms with Gasteiger partial charge in [0, 0.05) is 12.1 Å². The fourth-order valence-electron chi connectivity index (χ4n) is 13.7. The SMILES string of the molecule is CC(C)(C)[Si](C)(C)OC[C@H]1O[C@@H](O[C@@H]2[C@@H](O)[C@H](NC(=O)OCc3ccccc3)C[C@H](NC(=O)OCc3ccccc3)[C@H]2O[C@H]2O[C@@H]3COC(c4ccccc4)O[C@H]3[C@H](O)[C@H]2NC(=O)OCc2ccccc2)[C@H](OC/C=C/C=C/c2ccccc2)[C@@H]1O[C@H]1O[C@@H](CNC(=O)OCc2ccccc2)[C@@H](O)[C@H](O)[C@H]1NC(=O)OCc1ccccc1. The zero-order chi connectivity index (χ0) is 82.3. The smallest absolute Gasteiger partial charge is 0.407 e. The third-order valence-electron chi connectivity index (χ3n) is 21.1. The predicted molar refractivity (Wildman–Crippen MR) is 426 cm³/mol. The number of carbonyl (C=O) groups is 5. The molecule has 5 amide bonds. The molecule has 4 aliphatic heterocycles. The second-order valence-corrected chi connectivity index (χ2v) is 35.2. The maximum absolute atomic E-state index is 14.7. The summed E-state index contributed by atoms with van der Waals surface area (Å²) >= 11 is 0. The Bertz CT molecular complexity index is 4300. The lowest BCUT2D eigenvalue weighted by Crippen LogP contribution is -2.71. The molecule has 12 rings (SSSR count). The van der Waals surface area contributed by atoms with Crippen LogP contribution < -0.4 is 26.6 Å². The lowest BCUT2D eigenvalue weighted by atomic mass is 9.83. The number of hydrogen-bond donors (Lipinski definition) is 9. The molecule has 624 valence electrons. The third-order valence-corrected chi connectivity index (χ3v) is 25.6. The number of rotatable bonds is 31. The molecule has 0 bridgehead atoms. The molecule has 0 radical (unpaired) electrons. The van der Waals surface area contributed by atoms with Gasteiger partial charge in [-0.15, -0.1) is 0 Å². The summed E-state index contributed by atoms with van der Waals surface area (Å²) in [6.07, 6.45) is -23.7. The van der Waals surface area contributed by atoms with Gasteiger partial charge in [-0.2, -0.15) is 0 Å². The Morgan fingerprint density at radius 1 is 0.453 bits per heavy atom. The van der Waals surface area contributed by atoms with Crippen LogP contribution in [-0.2, 0) is 104 Å². The van der Waals surface area contributed by atoms with Crippen molar-refractivity contribution >= 4 is 44.9 Å². The van der Waals surface area contributed by atoms with Gasteiger partial charge in [-0.05, 0) is 57.9 Å². The first-order chi connectivity index (χ1) is 56.6. The highest BCUT2D eigenvalue weighted by molar-refractivity contribution is 6.74. The van der Waals surface area contributed by atoms with E-state index in [4.69, 9.17) is 70.7 Å².